The van der Waals surface area contributed by atoms with Gasteiger partial charge in [-0.1, -0.05) is 44.7 Å². The fourth-order valence-electron chi connectivity index (χ4n) is 1.72. The van der Waals surface area contributed by atoms with Gasteiger partial charge in [0.2, 0.25) is 0 Å². The molecular formula is C13H21ClN2. The van der Waals surface area contributed by atoms with E-state index in [0.29, 0.717) is 5.15 Å². The summed E-state index contributed by atoms with van der Waals surface area (Å²) >= 11 is 5.98. The molecule has 1 unspecified atom stereocenters. The molecule has 1 aromatic rings. The van der Waals surface area contributed by atoms with Gasteiger partial charge in [-0.05, 0) is 24.5 Å². The lowest BCUT2D eigenvalue weighted by molar-refractivity contribution is 0.473. The van der Waals surface area contributed by atoms with E-state index in [1.165, 1.54) is 25.7 Å². The third-order valence-electron chi connectivity index (χ3n) is 2.88. The summed E-state index contributed by atoms with van der Waals surface area (Å²) in [4.78, 5) is 4.05. The quantitative estimate of drug-likeness (QED) is 0.717. The van der Waals surface area contributed by atoms with E-state index in [4.69, 9.17) is 11.6 Å². The van der Waals surface area contributed by atoms with Crippen molar-refractivity contribution in [3.63, 3.8) is 0 Å². The number of unbranched alkanes of at least 4 members (excludes halogenated alkanes) is 1. The molecule has 90 valence electrons. The van der Waals surface area contributed by atoms with Gasteiger partial charge in [0.15, 0.2) is 5.15 Å². The van der Waals surface area contributed by atoms with E-state index < -0.39 is 0 Å². The Morgan fingerprint density at radius 2 is 2.25 bits per heavy atom. The average molecular weight is 241 g/mol. The maximum Gasteiger partial charge on any atom is 0.152 e. The Labute approximate surface area is 103 Å². The fourth-order valence-corrected chi connectivity index (χ4v) is 1.90. The van der Waals surface area contributed by atoms with Gasteiger partial charge in [-0.2, -0.15) is 0 Å². The Morgan fingerprint density at radius 3 is 2.88 bits per heavy atom. The molecule has 0 bridgehead atoms. The summed E-state index contributed by atoms with van der Waals surface area (Å²) in [6, 6.07) is 3.88. The van der Waals surface area contributed by atoms with Gasteiger partial charge in [0.05, 0.1) is 5.69 Å². The zero-order valence-corrected chi connectivity index (χ0v) is 10.9. The van der Waals surface area contributed by atoms with Gasteiger partial charge >= 0.3 is 0 Å². The molecule has 3 heteroatoms. The minimum absolute atomic E-state index is 0.563. The molecule has 1 aromatic heterocycles. The molecule has 0 saturated heterocycles. The standard InChI is InChI=1S/C13H21ClN2/c1-3-5-7-11(4-2)10-16-12-8-6-9-15-13(12)14/h6,8-9,11,16H,3-5,7,10H2,1-2H3. The first-order chi connectivity index (χ1) is 7.77. The Kier molecular flexibility index (Phi) is 6.24. The highest BCUT2D eigenvalue weighted by Gasteiger charge is 2.06. The molecular weight excluding hydrogens is 220 g/mol. The van der Waals surface area contributed by atoms with Crippen LogP contribution in [0.3, 0.4) is 0 Å². The monoisotopic (exact) mass is 240 g/mol. The van der Waals surface area contributed by atoms with Crippen LogP contribution in [0.5, 0.6) is 0 Å². The SMILES string of the molecule is CCCCC(CC)CNc1cccnc1Cl. The number of anilines is 1. The third kappa shape index (κ3) is 4.40. The van der Waals surface area contributed by atoms with E-state index >= 15 is 0 Å². The van der Waals surface area contributed by atoms with Gasteiger partial charge < -0.3 is 5.32 Å². The molecule has 16 heavy (non-hydrogen) atoms. The largest absolute Gasteiger partial charge is 0.382 e. The molecule has 1 atom stereocenters. The lowest BCUT2D eigenvalue weighted by Gasteiger charge is -2.16. The van der Waals surface area contributed by atoms with E-state index in [2.05, 4.69) is 24.1 Å². The van der Waals surface area contributed by atoms with Crippen LogP contribution in [0, 0.1) is 5.92 Å². The lowest BCUT2D eigenvalue weighted by atomic mass is 9.99. The third-order valence-corrected chi connectivity index (χ3v) is 3.18. The molecule has 0 aliphatic heterocycles. The van der Waals surface area contributed by atoms with Crippen molar-refractivity contribution < 1.29 is 0 Å². The highest BCUT2D eigenvalue weighted by atomic mass is 35.5. The zero-order chi connectivity index (χ0) is 11.8. The molecule has 0 spiro atoms. The number of pyridine rings is 1. The summed E-state index contributed by atoms with van der Waals surface area (Å²) in [5, 5.41) is 3.94. The van der Waals surface area contributed by atoms with Gasteiger partial charge in [-0.3, -0.25) is 0 Å². The normalized spacial score (nSPS) is 12.4. The van der Waals surface area contributed by atoms with Gasteiger partial charge in [0.1, 0.15) is 0 Å². The van der Waals surface area contributed by atoms with Crippen LogP contribution < -0.4 is 5.32 Å². The molecule has 0 aliphatic carbocycles. The van der Waals surface area contributed by atoms with Gasteiger partial charge in [-0.15, -0.1) is 0 Å². The number of halogens is 1. The molecule has 0 aromatic carbocycles. The second-order valence-corrected chi connectivity index (χ2v) is 4.50. The predicted octanol–water partition coefficient (Wildman–Crippen LogP) is 4.36. The Morgan fingerprint density at radius 1 is 1.44 bits per heavy atom. The van der Waals surface area contributed by atoms with Crippen LogP contribution in [0.25, 0.3) is 0 Å². The van der Waals surface area contributed by atoms with Crippen molar-refractivity contribution in [1.82, 2.24) is 4.98 Å². The molecule has 1 rings (SSSR count). The minimum Gasteiger partial charge on any atom is -0.382 e. The molecule has 0 saturated carbocycles. The summed E-state index contributed by atoms with van der Waals surface area (Å²) in [5.74, 6) is 0.733. The van der Waals surface area contributed by atoms with Crippen LogP contribution in [0.4, 0.5) is 5.69 Å². The summed E-state index contributed by atoms with van der Waals surface area (Å²) in [7, 11) is 0. The predicted molar refractivity (Wildman–Crippen MR) is 71.0 cm³/mol. The van der Waals surface area contributed by atoms with Crippen LogP contribution in [0.1, 0.15) is 39.5 Å². The lowest BCUT2D eigenvalue weighted by Crippen LogP contribution is -2.14. The number of nitrogens with one attached hydrogen (secondary N) is 1. The van der Waals surface area contributed by atoms with Crippen molar-refractivity contribution in [2.24, 2.45) is 5.92 Å². The number of rotatable bonds is 7. The fraction of sp³-hybridized carbons (Fsp3) is 0.615. The van der Waals surface area contributed by atoms with Crippen molar-refractivity contribution in [3.8, 4) is 0 Å². The highest BCUT2D eigenvalue weighted by molar-refractivity contribution is 6.31. The second-order valence-electron chi connectivity index (χ2n) is 4.14. The minimum atomic E-state index is 0.563. The number of hydrogen-bond acceptors (Lipinski definition) is 2. The average Bonchev–Trinajstić information content (AvgIpc) is 2.31. The van der Waals surface area contributed by atoms with Crippen molar-refractivity contribution in [3.05, 3.63) is 23.5 Å². The summed E-state index contributed by atoms with van der Waals surface area (Å²) in [6.45, 7) is 5.47. The molecule has 0 amide bonds. The molecule has 0 aliphatic rings. The van der Waals surface area contributed by atoms with Gasteiger partial charge in [-0.25, -0.2) is 4.98 Å². The topological polar surface area (TPSA) is 24.9 Å². The van der Waals surface area contributed by atoms with E-state index in [-0.39, 0.29) is 0 Å². The molecule has 1 heterocycles. The van der Waals surface area contributed by atoms with Crippen LogP contribution in [-0.2, 0) is 0 Å². The molecule has 0 fully saturated rings. The first-order valence-electron chi connectivity index (χ1n) is 6.12. The van der Waals surface area contributed by atoms with Gasteiger partial charge in [0.25, 0.3) is 0 Å². The van der Waals surface area contributed by atoms with Crippen molar-refractivity contribution in [2.75, 3.05) is 11.9 Å². The zero-order valence-electron chi connectivity index (χ0n) is 10.2. The van der Waals surface area contributed by atoms with Gasteiger partial charge in [0, 0.05) is 12.7 Å². The molecule has 1 N–H and O–H groups in total. The van der Waals surface area contributed by atoms with Crippen LogP contribution in [0.15, 0.2) is 18.3 Å². The second kappa shape index (κ2) is 7.50. The summed E-state index contributed by atoms with van der Waals surface area (Å²) < 4.78 is 0. The smallest absolute Gasteiger partial charge is 0.152 e. The van der Waals surface area contributed by atoms with E-state index in [0.717, 1.165) is 18.2 Å². The Bertz CT molecular complexity index is 302. The maximum atomic E-state index is 5.98. The maximum absolute atomic E-state index is 5.98. The van der Waals surface area contributed by atoms with E-state index in [1.54, 1.807) is 6.20 Å². The summed E-state index contributed by atoms with van der Waals surface area (Å²) in [5.41, 5.74) is 0.944. The van der Waals surface area contributed by atoms with Crippen molar-refractivity contribution >= 4 is 17.3 Å². The Balaban J connectivity index is 2.40. The van der Waals surface area contributed by atoms with Crippen molar-refractivity contribution in [2.45, 2.75) is 39.5 Å². The van der Waals surface area contributed by atoms with Crippen molar-refractivity contribution in [1.29, 1.82) is 0 Å². The highest BCUT2D eigenvalue weighted by Crippen LogP contribution is 2.19. The number of nitrogens with zero attached hydrogens (tertiary/aromatic N) is 1. The van der Waals surface area contributed by atoms with Crippen LogP contribution in [0.2, 0.25) is 5.15 Å². The first kappa shape index (κ1) is 13.3. The van der Waals surface area contributed by atoms with Crippen LogP contribution in [-0.4, -0.2) is 11.5 Å². The van der Waals surface area contributed by atoms with E-state index in [9.17, 15) is 0 Å². The van der Waals surface area contributed by atoms with E-state index in [1.807, 2.05) is 12.1 Å². The van der Waals surface area contributed by atoms with Crippen LogP contribution >= 0.6 is 11.6 Å². The first-order valence-corrected chi connectivity index (χ1v) is 6.50. The Hall–Kier alpha value is -0.760. The molecule has 0 radical (unpaired) electrons. The number of hydrogen-bond donors (Lipinski definition) is 1. The number of aromatic nitrogens is 1. The summed E-state index contributed by atoms with van der Waals surface area (Å²) in [6.07, 6.45) is 6.79. The molecule has 2 nitrogen and oxygen atoms in total.